The number of nitrogens with zero attached hydrogens (tertiary/aromatic N) is 2. The molecule has 6 nitrogen and oxygen atoms in total. The number of ether oxygens (including phenoxy) is 1. The minimum absolute atomic E-state index is 0.0111. The molecular weight excluding hydrogens is 422 g/mol. The van der Waals surface area contributed by atoms with Crippen LogP contribution in [-0.2, 0) is 11.2 Å². The van der Waals surface area contributed by atoms with Gasteiger partial charge < -0.3 is 19.9 Å². The third-order valence-corrected chi connectivity index (χ3v) is 7.26. The molecule has 2 aromatic rings. The van der Waals surface area contributed by atoms with Crippen molar-refractivity contribution >= 4 is 23.3 Å². The highest BCUT2D eigenvalue weighted by molar-refractivity contribution is 7.10. The maximum absolute atomic E-state index is 13.4. The molecule has 1 saturated carbocycles. The quantitative estimate of drug-likeness (QED) is 0.645. The van der Waals surface area contributed by atoms with E-state index in [0.29, 0.717) is 32.2 Å². The summed E-state index contributed by atoms with van der Waals surface area (Å²) in [5.41, 5.74) is 3.47. The summed E-state index contributed by atoms with van der Waals surface area (Å²) in [5, 5.41) is 4.95. The second-order valence-electron chi connectivity index (χ2n) is 8.89. The number of urea groups is 1. The van der Waals surface area contributed by atoms with E-state index < -0.39 is 0 Å². The van der Waals surface area contributed by atoms with Crippen LogP contribution in [0.15, 0.2) is 29.6 Å². The highest BCUT2D eigenvalue weighted by Gasteiger charge is 2.35. The SMILES string of the molecule is CCNC(=O)N(CC(=O)N1CCc2sccc2[C@@H]1COc1ccc(C)cc1C)CC1CC1. The van der Waals surface area contributed by atoms with Crippen LogP contribution in [0.1, 0.15) is 47.4 Å². The van der Waals surface area contributed by atoms with E-state index in [1.165, 1.54) is 16.0 Å². The summed E-state index contributed by atoms with van der Waals surface area (Å²) < 4.78 is 6.22. The van der Waals surface area contributed by atoms with Crippen LogP contribution in [0.4, 0.5) is 4.79 Å². The van der Waals surface area contributed by atoms with Crippen LogP contribution in [0.5, 0.6) is 5.75 Å². The van der Waals surface area contributed by atoms with Crippen molar-refractivity contribution in [1.82, 2.24) is 15.1 Å². The monoisotopic (exact) mass is 455 g/mol. The van der Waals surface area contributed by atoms with E-state index in [2.05, 4.69) is 29.8 Å². The lowest BCUT2D eigenvalue weighted by molar-refractivity contribution is -0.135. The summed E-state index contributed by atoms with van der Waals surface area (Å²) in [7, 11) is 0. The van der Waals surface area contributed by atoms with Crippen molar-refractivity contribution in [2.75, 3.05) is 32.8 Å². The smallest absolute Gasteiger partial charge is 0.317 e. The second kappa shape index (κ2) is 9.94. The Morgan fingerprint density at radius 2 is 2.06 bits per heavy atom. The van der Waals surface area contributed by atoms with Crippen LogP contribution in [0, 0.1) is 19.8 Å². The number of hydrogen-bond donors (Lipinski definition) is 1. The Kier molecular flexibility index (Phi) is 7.04. The van der Waals surface area contributed by atoms with E-state index in [9.17, 15) is 9.59 Å². The number of benzene rings is 1. The van der Waals surface area contributed by atoms with Crippen molar-refractivity contribution in [3.63, 3.8) is 0 Å². The number of nitrogens with one attached hydrogen (secondary N) is 1. The van der Waals surface area contributed by atoms with Gasteiger partial charge in [-0.1, -0.05) is 17.7 Å². The van der Waals surface area contributed by atoms with Gasteiger partial charge >= 0.3 is 6.03 Å². The highest BCUT2D eigenvalue weighted by Crippen LogP contribution is 2.35. The fourth-order valence-electron chi connectivity index (χ4n) is 4.35. The van der Waals surface area contributed by atoms with E-state index in [-0.39, 0.29) is 24.5 Å². The Balaban J connectivity index is 1.50. The van der Waals surface area contributed by atoms with E-state index in [4.69, 9.17) is 4.74 Å². The maximum atomic E-state index is 13.4. The molecule has 2 aliphatic rings. The van der Waals surface area contributed by atoms with Gasteiger partial charge in [0.05, 0.1) is 6.04 Å². The number of aryl methyl sites for hydroxylation is 2. The molecule has 32 heavy (non-hydrogen) atoms. The fraction of sp³-hybridized carbons (Fsp3) is 0.520. The normalized spacial score (nSPS) is 17.6. The summed E-state index contributed by atoms with van der Waals surface area (Å²) in [6.45, 7) is 8.40. The first-order valence-corrected chi connectivity index (χ1v) is 12.4. The molecule has 0 bridgehead atoms. The number of thiophene rings is 1. The lowest BCUT2D eigenvalue weighted by Crippen LogP contribution is -2.50. The number of amides is 3. The van der Waals surface area contributed by atoms with Crippen LogP contribution >= 0.6 is 11.3 Å². The first kappa shape index (κ1) is 22.6. The zero-order chi connectivity index (χ0) is 22.7. The first-order valence-electron chi connectivity index (χ1n) is 11.5. The molecule has 0 radical (unpaired) electrons. The molecule has 0 saturated heterocycles. The maximum Gasteiger partial charge on any atom is 0.317 e. The molecule has 1 aromatic carbocycles. The third-order valence-electron chi connectivity index (χ3n) is 6.26. The van der Waals surface area contributed by atoms with Crippen molar-refractivity contribution in [2.45, 2.75) is 46.1 Å². The molecule has 172 valence electrons. The van der Waals surface area contributed by atoms with Gasteiger partial charge in [0.2, 0.25) is 5.91 Å². The summed E-state index contributed by atoms with van der Waals surface area (Å²) in [4.78, 5) is 30.9. The van der Waals surface area contributed by atoms with Gasteiger partial charge in [-0.25, -0.2) is 4.79 Å². The number of carbonyl (C=O) groups is 2. The van der Waals surface area contributed by atoms with Gasteiger partial charge in [0.1, 0.15) is 18.9 Å². The van der Waals surface area contributed by atoms with Crippen LogP contribution in [0.3, 0.4) is 0 Å². The molecule has 0 unspecified atom stereocenters. The van der Waals surface area contributed by atoms with Crippen LogP contribution in [-0.4, -0.2) is 54.5 Å². The van der Waals surface area contributed by atoms with Crippen molar-refractivity contribution in [1.29, 1.82) is 0 Å². The van der Waals surface area contributed by atoms with E-state index in [0.717, 1.165) is 30.6 Å². The van der Waals surface area contributed by atoms with Crippen LogP contribution < -0.4 is 10.1 Å². The Bertz CT molecular complexity index is 969. The minimum Gasteiger partial charge on any atom is -0.491 e. The number of hydrogen-bond acceptors (Lipinski definition) is 4. The largest absolute Gasteiger partial charge is 0.491 e. The average molecular weight is 456 g/mol. The van der Waals surface area contributed by atoms with Crippen molar-refractivity contribution < 1.29 is 14.3 Å². The molecule has 1 fully saturated rings. The molecule has 2 heterocycles. The molecule has 4 rings (SSSR count). The summed E-state index contributed by atoms with van der Waals surface area (Å²) in [6, 6.07) is 7.97. The van der Waals surface area contributed by atoms with E-state index in [1.54, 1.807) is 16.2 Å². The van der Waals surface area contributed by atoms with Crippen molar-refractivity contribution in [3.05, 3.63) is 51.2 Å². The molecule has 1 N–H and O–H groups in total. The van der Waals surface area contributed by atoms with Gasteiger partial charge in [-0.3, -0.25) is 4.79 Å². The lowest BCUT2D eigenvalue weighted by atomic mass is 10.00. The van der Waals surface area contributed by atoms with Gasteiger partial charge in [0.15, 0.2) is 0 Å². The molecule has 1 aliphatic heterocycles. The third kappa shape index (κ3) is 5.26. The topological polar surface area (TPSA) is 61.9 Å². The molecule has 3 amide bonds. The molecular formula is C25H33N3O3S. The van der Waals surface area contributed by atoms with Gasteiger partial charge in [-0.05, 0) is 74.6 Å². The number of carbonyl (C=O) groups excluding carboxylic acids is 2. The van der Waals surface area contributed by atoms with Gasteiger partial charge in [-0.15, -0.1) is 11.3 Å². The molecule has 0 spiro atoms. The zero-order valence-corrected chi connectivity index (χ0v) is 20.0. The highest BCUT2D eigenvalue weighted by atomic mass is 32.1. The molecule has 7 heteroatoms. The van der Waals surface area contributed by atoms with E-state index >= 15 is 0 Å². The Hall–Kier alpha value is -2.54. The predicted octanol–water partition coefficient (Wildman–Crippen LogP) is 4.31. The predicted molar refractivity (Wildman–Crippen MR) is 127 cm³/mol. The summed E-state index contributed by atoms with van der Waals surface area (Å²) in [6.07, 6.45) is 3.12. The molecule has 1 aliphatic carbocycles. The summed E-state index contributed by atoms with van der Waals surface area (Å²) in [5.74, 6) is 1.37. The van der Waals surface area contributed by atoms with Gasteiger partial charge in [0, 0.05) is 24.5 Å². The van der Waals surface area contributed by atoms with Crippen LogP contribution in [0.25, 0.3) is 0 Å². The molecule has 1 atom stereocenters. The summed E-state index contributed by atoms with van der Waals surface area (Å²) >= 11 is 1.74. The first-order chi connectivity index (χ1) is 15.5. The van der Waals surface area contributed by atoms with Crippen LogP contribution in [0.2, 0.25) is 0 Å². The minimum atomic E-state index is -0.149. The van der Waals surface area contributed by atoms with Gasteiger partial charge in [-0.2, -0.15) is 0 Å². The zero-order valence-electron chi connectivity index (χ0n) is 19.2. The Morgan fingerprint density at radius 1 is 1.25 bits per heavy atom. The Morgan fingerprint density at radius 3 is 2.78 bits per heavy atom. The lowest BCUT2D eigenvalue weighted by Gasteiger charge is -2.37. The van der Waals surface area contributed by atoms with Gasteiger partial charge in [0.25, 0.3) is 0 Å². The van der Waals surface area contributed by atoms with E-state index in [1.807, 2.05) is 30.9 Å². The Labute approximate surface area is 194 Å². The molecule has 1 aromatic heterocycles. The average Bonchev–Trinajstić information content (AvgIpc) is 3.45. The van der Waals surface area contributed by atoms with Crippen molar-refractivity contribution in [3.8, 4) is 5.75 Å². The standard InChI is InChI=1S/C25H33N3O3S/c1-4-26-25(30)27(14-19-6-7-19)15-24(29)28-11-9-23-20(10-12-32-23)21(28)16-31-22-8-5-17(2)13-18(22)3/h5,8,10,12-13,19,21H,4,6-7,9,11,14-16H2,1-3H3,(H,26,30)/t21-/m0/s1. The number of rotatable bonds is 8. The van der Waals surface area contributed by atoms with Crippen molar-refractivity contribution in [2.24, 2.45) is 5.92 Å². The number of fused-ring (bicyclic) bond motifs is 1. The second-order valence-corrected chi connectivity index (χ2v) is 9.89. The fourth-order valence-corrected chi connectivity index (χ4v) is 5.28.